The number of para-hydroxylation sites is 1. The van der Waals surface area contributed by atoms with Crippen LogP contribution in [0.4, 0.5) is 0 Å². The molecule has 0 spiro atoms. The molecule has 4 bridgehead atoms. The maximum absolute atomic E-state index is 12.6. The number of nitrogens with zero attached hydrogens (tertiary/aromatic N) is 1. The first-order valence-electron chi connectivity index (χ1n) is 8.74. The van der Waals surface area contributed by atoms with Gasteiger partial charge in [-0.2, -0.15) is 0 Å². The predicted molar refractivity (Wildman–Crippen MR) is 88.7 cm³/mol. The highest BCUT2D eigenvalue weighted by Gasteiger charge is 2.49. The van der Waals surface area contributed by atoms with E-state index in [4.69, 9.17) is 4.74 Å². The fourth-order valence-corrected chi connectivity index (χ4v) is 4.87. The van der Waals surface area contributed by atoms with Gasteiger partial charge < -0.3 is 9.72 Å². The number of ether oxygens (including phenoxy) is 1. The molecule has 5 heterocycles. The summed E-state index contributed by atoms with van der Waals surface area (Å²) < 4.78 is 5.84. The minimum atomic E-state index is -0.242. The van der Waals surface area contributed by atoms with Crippen LogP contribution in [0.2, 0.25) is 0 Å². The number of hydrogen-bond acceptors (Lipinski definition) is 4. The molecule has 5 heteroatoms. The Morgan fingerprint density at radius 3 is 2.62 bits per heavy atom. The van der Waals surface area contributed by atoms with Gasteiger partial charge in [0.25, 0.3) is 0 Å². The smallest absolute Gasteiger partial charge is 0.340 e. The van der Waals surface area contributed by atoms with Crippen LogP contribution in [0.5, 0.6) is 0 Å². The molecule has 6 rings (SSSR count). The molecule has 0 aliphatic carbocycles. The van der Waals surface area contributed by atoms with E-state index in [1.54, 1.807) is 6.20 Å². The van der Waals surface area contributed by atoms with Gasteiger partial charge in [-0.3, -0.25) is 9.69 Å². The van der Waals surface area contributed by atoms with Crippen molar-refractivity contribution in [3.63, 3.8) is 0 Å². The molecule has 5 atom stereocenters. The summed E-state index contributed by atoms with van der Waals surface area (Å²) in [4.78, 5) is 30.0. The number of benzene rings is 1. The lowest BCUT2D eigenvalue weighted by Gasteiger charge is -2.54. The molecule has 2 unspecified atom stereocenters. The van der Waals surface area contributed by atoms with Gasteiger partial charge in [0.05, 0.1) is 12.1 Å². The van der Waals surface area contributed by atoms with Crippen molar-refractivity contribution >= 4 is 22.7 Å². The standard InChI is InChI=1S/C19H20N2O3/c22-18-10-21-12-5-11(18)6-13(21)8-14(7-12)24-19(23)16-9-20-17-4-2-1-3-15(16)17/h1-4,9,11-14,20H,5-8,10H2/t11-,12-,13?,14+/m0/s1. The number of carbonyl (C=O) groups is 2. The third kappa shape index (κ3) is 2.11. The van der Waals surface area contributed by atoms with Gasteiger partial charge in [0, 0.05) is 47.9 Å². The minimum absolute atomic E-state index is 0.0356. The fourth-order valence-electron chi connectivity index (χ4n) is 4.87. The zero-order valence-electron chi connectivity index (χ0n) is 13.4. The van der Waals surface area contributed by atoms with E-state index in [1.807, 2.05) is 24.3 Å². The highest BCUT2D eigenvalue weighted by molar-refractivity contribution is 6.04. The van der Waals surface area contributed by atoms with Crippen LogP contribution in [-0.4, -0.2) is 46.4 Å². The van der Waals surface area contributed by atoms with Gasteiger partial charge in [0.1, 0.15) is 11.9 Å². The molecule has 124 valence electrons. The van der Waals surface area contributed by atoms with E-state index in [1.165, 1.54) is 0 Å². The topological polar surface area (TPSA) is 62.4 Å². The third-order valence-electron chi connectivity index (χ3n) is 6.00. The first-order valence-corrected chi connectivity index (χ1v) is 8.74. The number of esters is 1. The fraction of sp³-hybridized carbons (Fsp3) is 0.474. The summed E-state index contributed by atoms with van der Waals surface area (Å²) in [7, 11) is 0. The van der Waals surface area contributed by atoms with Gasteiger partial charge in [0.2, 0.25) is 0 Å². The number of piperidine rings is 4. The minimum Gasteiger partial charge on any atom is -0.459 e. The van der Waals surface area contributed by atoms with Crippen molar-refractivity contribution in [3.05, 3.63) is 36.0 Å². The lowest BCUT2D eigenvalue weighted by molar-refractivity contribution is -0.145. The van der Waals surface area contributed by atoms with E-state index < -0.39 is 0 Å². The van der Waals surface area contributed by atoms with Gasteiger partial charge >= 0.3 is 5.97 Å². The van der Waals surface area contributed by atoms with Crippen molar-refractivity contribution in [2.24, 2.45) is 5.92 Å². The number of hydrogen-bond donors (Lipinski definition) is 1. The molecule has 0 saturated carbocycles. The molecule has 1 aromatic carbocycles. The molecule has 4 aliphatic rings. The van der Waals surface area contributed by atoms with Gasteiger partial charge in [-0.1, -0.05) is 18.2 Å². The molecule has 24 heavy (non-hydrogen) atoms. The largest absolute Gasteiger partial charge is 0.459 e. The van der Waals surface area contributed by atoms with E-state index in [0.29, 0.717) is 30.0 Å². The number of nitrogens with one attached hydrogen (secondary N) is 1. The number of carbonyl (C=O) groups excluding carboxylic acids is 2. The zero-order chi connectivity index (χ0) is 16.3. The highest BCUT2D eigenvalue weighted by atomic mass is 16.5. The van der Waals surface area contributed by atoms with Gasteiger partial charge in [0.15, 0.2) is 0 Å². The van der Waals surface area contributed by atoms with Crippen molar-refractivity contribution in [2.75, 3.05) is 6.54 Å². The van der Waals surface area contributed by atoms with Crippen LogP contribution in [-0.2, 0) is 9.53 Å². The Kier molecular flexibility index (Phi) is 3.07. The van der Waals surface area contributed by atoms with Gasteiger partial charge in [-0.05, 0) is 18.9 Å². The van der Waals surface area contributed by atoms with E-state index in [-0.39, 0.29) is 18.0 Å². The van der Waals surface area contributed by atoms with Crippen LogP contribution < -0.4 is 0 Å². The average molecular weight is 324 g/mol. The van der Waals surface area contributed by atoms with Crippen LogP contribution in [0, 0.1) is 5.92 Å². The monoisotopic (exact) mass is 324 g/mol. The summed E-state index contributed by atoms with van der Waals surface area (Å²) >= 11 is 0. The lowest BCUT2D eigenvalue weighted by Crippen LogP contribution is -2.63. The molecule has 0 amide bonds. The summed E-state index contributed by atoms with van der Waals surface area (Å²) in [5.41, 5.74) is 1.56. The van der Waals surface area contributed by atoms with Gasteiger partial charge in [-0.25, -0.2) is 4.79 Å². The van der Waals surface area contributed by atoms with Crippen LogP contribution in [0.15, 0.2) is 30.5 Å². The molecule has 1 aromatic heterocycles. The summed E-state index contributed by atoms with van der Waals surface area (Å²) in [6.07, 6.45) is 5.29. The number of aromatic nitrogens is 1. The van der Waals surface area contributed by atoms with Crippen molar-refractivity contribution in [3.8, 4) is 0 Å². The third-order valence-corrected chi connectivity index (χ3v) is 6.00. The molecule has 2 aromatic rings. The van der Waals surface area contributed by atoms with Crippen molar-refractivity contribution in [2.45, 2.75) is 43.9 Å². The Labute approximate surface area is 140 Å². The summed E-state index contributed by atoms with van der Waals surface area (Å²) in [5, 5.41) is 0.909. The summed E-state index contributed by atoms with van der Waals surface area (Å²) in [6, 6.07) is 8.58. The maximum Gasteiger partial charge on any atom is 0.340 e. The zero-order valence-corrected chi connectivity index (χ0v) is 13.4. The maximum atomic E-state index is 12.6. The highest BCUT2D eigenvalue weighted by Crippen LogP contribution is 2.42. The molecule has 4 aliphatic heterocycles. The molecule has 0 radical (unpaired) electrons. The molecule has 5 nitrogen and oxygen atoms in total. The lowest BCUT2D eigenvalue weighted by atomic mass is 9.72. The number of rotatable bonds is 2. The van der Waals surface area contributed by atoms with Crippen LogP contribution in [0.1, 0.15) is 36.0 Å². The first-order chi connectivity index (χ1) is 11.7. The van der Waals surface area contributed by atoms with Crippen LogP contribution in [0.3, 0.4) is 0 Å². The molecule has 4 fully saturated rings. The normalized spacial score (nSPS) is 34.5. The Morgan fingerprint density at radius 1 is 1.12 bits per heavy atom. The molecule has 1 N–H and O–H groups in total. The second-order valence-corrected chi connectivity index (χ2v) is 7.36. The Balaban J connectivity index is 1.33. The Bertz CT molecular complexity index is 811. The average Bonchev–Trinajstić information content (AvgIpc) is 2.99. The number of aromatic amines is 1. The van der Waals surface area contributed by atoms with Crippen molar-refractivity contribution in [1.82, 2.24) is 9.88 Å². The number of fused-ring (bicyclic) bond motifs is 2. The number of Topliss-reactive ketones (excluding diaryl/α,β-unsaturated/α-hetero) is 1. The second-order valence-electron chi connectivity index (χ2n) is 7.36. The molecular weight excluding hydrogens is 304 g/mol. The summed E-state index contributed by atoms with van der Waals surface area (Å²) in [6.45, 7) is 0.600. The molecule has 4 saturated heterocycles. The van der Waals surface area contributed by atoms with Crippen LogP contribution >= 0.6 is 0 Å². The first kappa shape index (κ1) is 14.2. The Hall–Kier alpha value is -2.14. The molecular formula is C19H20N2O3. The van der Waals surface area contributed by atoms with Crippen LogP contribution in [0.25, 0.3) is 10.9 Å². The van der Waals surface area contributed by atoms with Crippen molar-refractivity contribution in [1.29, 1.82) is 0 Å². The SMILES string of the molecule is O=C(O[C@H]1CC2C[C@@H]3C[C@@H](C1)N2CC3=O)c1c[nH]c2ccccc12. The number of ketones is 1. The van der Waals surface area contributed by atoms with E-state index >= 15 is 0 Å². The second kappa shape index (κ2) is 5.18. The van der Waals surface area contributed by atoms with E-state index in [0.717, 1.165) is 36.6 Å². The number of H-pyrrole nitrogens is 1. The Morgan fingerprint density at radius 2 is 1.88 bits per heavy atom. The predicted octanol–water partition coefficient (Wildman–Crippen LogP) is 2.52. The van der Waals surface area contributed by atoms with E-state index in [9.17, 15) is 9.59 Å². The van der Waals surface area contributed by atoms with Crippen molar-refractivity contribution < 1.29 is 14.3 Å². The summed E-state index contributed by atoms with van der Waals surface area (Å²) in [5.74, 6) is 0.403. The van der Waals surface area contributed by atoms with E-state index in [2.05, 4.69) is 9.88 Å². The van der Waals surface area contributed by atoms with Gasteiger partial charge in [-0.15, -0.1) is 0 Å². The quantitative estimate of drug-likeness (QED) is 0.862.